The first-order chi connectivity index (χ1) is 15.1. The van der Waals surface area contributed by atoms with Crippen LogP contribution in [0.1, 0.15) is 12.7 Å². The Morgan fingerprint density at radius 3 is 2.77 bits per heavy atom. The van der Waals surface area contributed by atoms with Crippen LogP contribution in [0.25, 0.3) is 6.08 Å². The molecule has 158 valence electrons. The topological polar surface area (TPSA) is 101 Å². The van der Waals surface area contributed by atoms with Gasteiger partial charge in [-0.15, -0.1) is 10.2 Å². The number of para-hydroxylation sites is 1. The van der Waals surface area contributed by atoms with Gasteiger partial charge in [0.2, 0.25) is 11.0 Å². The third kappa shape index (κ3) is 5.24. The number of benzene rings is 1. The van der Waals surface area contributed by atoms with Crippen LogP contribution in [0.5, 0.6) is 0 Å². The van der Waals surface area contributed by atoms with Gasteiger partial charge in [0.1, 0.15) is 11.5 Å². The lowest BCUT2D eigenvalue weighted by Gasteiger charge is -2.17. The summed E-state index contributed by atoms with van der Waals surface area (Å²) in [6, 6.07) is 12.7. The molecule has 0 saturated heterocycles. The fourth-order valence-corrected chi connectivity index (χ4v) is 5.11. The van der Waals surface area contributed by atoms with Crippen molar-refractivity contribution >= 4 is 68.7 Å². The molecule has 0 bridgehead atoms. The van der Waals surface area contributed by atoms with Crippen molar-refractivity contribution in [2.24, 2.45) is 4.99 Å². The minimum absolute atomic E-state index is 0.0688. The number of aromatic nitrogens is 2. The van der Waals surface area contributed by atoms with Crippen LogP contribution in [0, 0.1) is 0 Å². The Labute approximate surface area is 190 Å². The van der Waals surface area contributed by atoms with Crippen LogP contribution in [0.15, 0.2) is 68.2 Å². The zero-order valence-corrected chi connectivity index (χ0v) is 18.8. The number of carbonyl (C=O) groups excluding carboxylic acids is 2. The van der Waals surface area contributed by atoms with Gasteiger partial charge in [0, 0.05) is 6.08 Å². The van der Waals surface area contributed by atoms with Gasteiger partial charge in [-0.3, -0.25) is 19.8 Å². The predicted molar refractivity (Wildman–Crippen MR) is 125 cm³/mol. The second-order valence-corrected chi connectivity index (χ2v) is 9.49. The zero-order valence-electron chi connectivity index (χ0n) is 16.3. The Hall–Kier alpha value is -2.89. The molecule has 31 heavy (non-hydrogen) atoms. The van der Waals surface area contributed by atoms with Gasteiger partial charge in [-0.05, 0) is 30.0 Å². The molecular formula is C20H17N5O3S3. The number of furan rings is 1. The molecule has 0 unspecified atom stereocenters. The van der Waals surface area contributed by atoms with Crippen molar-refractivity contribution in [1.82, 2.24) is 10.2 Å². The first-order valence-corrected chi connectivity index (χ1v) is 12.0. The van der Waals surface area contributed by atoms with Gasteiger partial charge in [0.05, 0.1) is 17.7 Å². The number of amides is 2. The summed E-state index contributed by atoms with van der Waals surface area (Å²) in [5.74, 6) is 0.951. The fourth-order valence-electron chi connectivity index (χ4n) is 2.63. The van der Waals surface area contributed by atoms with Crippen molar-refractivity contribution in [3.05, 3.63) is 60.2 Å². The van der Waals surface area contributed by atoms with Gasteiger partial charge in [-0.25, -0.2) is 4.99 Å². The molecule has 1 aliphatic rings. The van der Waals surface area contributed by atoms with Crippen LogP contribution in [0.3, 0.4) is 0 Å². The molecule has 3 heterocycles. The molecule has 0 fully saturated rings. The number of nitrogens with one attached hydrogen (secondary N) is 1. The molecule has 0 spiro atoms. The number of hydrogen-bond acceptors (Lipinski definition) is 9. The highest BCUT2D eigenvalue weighted by Crippen LogP contribution is 2.30. The molecule has 0 radical (unpaired) electrons. The Morgan fingerprint density at radius 2 is 2.03 bits per heavy atom. The predicted octanol–water partition coefficient (Wildman–Crippen LogP) is 4.36. The average molecular weight is 472 g/mol. The highest BCUT2D eigenvalue weighted by Gasteiger charge is 2.32. The third-order valence-electron chi connectivity index (χ3n) is 3.92. The van der Waals surface area contributed by atoms with Crippen molar-refractivity contribution in [3.8, 4) is 0 Å². The monoisotopic (exact) mass is 471 g/mol. The van der Waals surface area contributed by atoms with Crippen LogP contribution < -0.4 is 10.2 Å². The smallest absolute Gasteiger partial charge is 0.283 e. The number of anilines is 2. The Morgan fingerprint density at radius 1 is 1.19 bits per heavy atom. The lowest BCUT2D eigenvalue weighted by Crippen LogP contribution is -2.31. The molecule has 4 rings (SSSR count). The summed E-state index contributed by atoms with van der Waals surface area (Å²) in [5, 5.41) is 11.6. The van der Waals surface area contributed by atoms with Crippen molar-refractivity contribution in [3.63, 3.8) is 0 Å². The van der Waals surface area contributed by atoms with Gasteiger partial charge in [-0.1, -0.05) is 60.0 Å². The summed E-state index contributed by atoms with van der Waals surface area (Å²) in [5.41, 5.74) is 0.916. The Balaban J connectivity index is 1.49. The van der Waals surface area contributed by atoms with E-state index in [2.05, 4.69) is 20.5 Å². The fraction of sp³-hybridized carbons (Fsp3) is 0.150. The summed E-state index contributed by atoms with van der Waals surface area (Å²) in [6.45, 7) is 2.03. The highest BCUT2D eigenvalue weighted by molar-refractivity contribution is 8.14. The minimum atomic E-state index is -0.282. The van der Waals surface area contributed by atoms with E-state index in [0.717, 1.165) is 10.1 Å². The molecule has 2 amide bonds. The van der Waals surface area contributed by atoms with Gasteiger partial charge in [-0.2, -0.15) is 0 Å². The van der Waals surface area contributed by atoms with Crippen LogP contribution in [0.4, 0.5) is 10.8 Å². The van der Waals surface area contributed by atoms with Crippen LogP contribution in [-0.2, 0) is 9.59 Å². The van der Waals surface area contributed by atoms with E-state index in [1.165, 1.54) is 34.3 Å². The van der Waals surface area contributed by atoms with Gasteiger partial charge in [0.15, 0.2) is 9.51 Å². The summed E-state index contributed by atoms with van der Waals surface area (Å²) in [7, 11) is 0. The van der Waals surface area contributed by atoms with E-state index in [4.69, 9.17) is 4.42 Å². The average Bonchev–Trinajstić information content (AvgIpc) is 3.50. The van der Waals surface area contributed by atoms with Gasteiger partial charge >= 0.3 is 0 Å². The molecule has 1 aliphatic heterocycles. The quantitative estimate of drug-likeness (QED) is 0.310. The normalized spacial score (nSPS) is 14.9. The Bertz CT molecular complexity index is 1130. The SMILES string of the molecule is CCSc1nnc(NC(=O)CSC2=NC(=Cc3ccco3)C(=O)N2c2ccccc2)s1. The summed E-state index contributed by atoms with van der Waals surface area (Å²) >= 11 is 4.07. The molecule has 3 aromatic rings. The zero-order chi connectivity index (χ0) is 21.6. The first-order valence-electron chi connectivity index (χ1n) is 9.26. The van der Waals surface area contributed by atoms with E-state index in [0.29, 0.717) is 21.7 Å². The van der Waals surface area contributed by atoms with Crippen LogP contribution in [0.2, 0.25) is 0 Å². The molecular weight excluding hydrogens is 454 g/mol. The number of hydrogen-bond donors (Lipinski definition) is 1. The second kappa shape index (κ2) is 9.94. The number of rotatable bonds is 7. The van der Waals surface area contributed by atoms with Crippen molar-refractivity contribution in [2.45, 2.75) is 11.3 Å². The van der Waals surface area contributed by atoms with E-state index in [1.54, 1.807) is 30.0 Å². The first kappa shape index (κ1) is 21.3. The van der Waals surface area contributed by atoms with Crippen molar-refractivity contribution < 1.29 is 14.0 Å². The number of amidine groups is 1. The summed E-state index contributed by atoms with van der Waals surface area (Å²) in [6.07, 6.45) is 3.11. The minimum Gasteiger partial charge on any atom is -0.465 e. The van der Waals surface area contributed by atoms with E-state index in [1.807, 2.05) is 37.3 Å². The standard InChI is InChI=1S/C20H17N5O3S3/c1-2-29-20-24-23-18(31-20)22-16(26)12-30-19-21-15(11-14-9-6-10-28-14)17(27)25(19)13-7-4-3-5-8-13/h3-11H,2,12H2,1H3,(H,22,23,26). The second-order valence-electron chi connectivity index (χ2n) is 6.06. The molecule has 1 aromatic carbocycles. The Kier molecular flexibility index (Phi) is 6.85. The lowest BCUT2D eigenvalue weighted by molar-refractivity contribution is -0.114. The maximum absolute atomic E-state index is 13.0. The maximum atomic E-state index is 13.0. The van der Waals surface area contributed by atoms with Crippen LogP contribution in [-0.4, -0.2) is 38.7 Å². The van der Waals surface area contributed by atoms with E-state index in [-0.39, 0.29) is 23.3 Å². The van der Waals surface area contributed by atoms with Crippen molar-refractivity contribution in [1.29, 1.82) is 0 Å². The molecule has 0 saturated carbocycles. The van der Waals surface area contributed by atoms with E-state index in [9.17, 15) is 9.59 Å². The molecule has 8 nitrogen and oxygen atoms in total. The van der Waals surface area contributed by atoms with Gasteiger partial charge < -0.3 is 4.42 Å². The molecule has 0 aliphatic carbocycles. The van der Waals surface area contributed by atoms with Gasteiger partial charge in [0.25, 0.3) is 5.91 Å². The maximum Gasteiger partial charge on any atom is 0.283 e. The van der Waals surface area contributed by atoms with Crippen molar-refractivity contribution in [2.75, 3.05) is 21.7 Å². The number of nitrogens with zero attached hydrogens (tertiary/aromatic N) is 4. The summed E-state index contributed by atoms with van der Waals surface area (Å²) in [4.78, 5) is 31.4. The highest BCUT2D eigenvalue weighted by atomic mass is 32.2. The third-order valence-corrected chi connectivity index (χ3v) is 6.71. The molecule has 2 aromatic heterocycles. The molecule has 0 atom stereocenters. The van der Waals surface area contributed by atoms with E-state index < -0.39 is 0 Å². The number of aliphatic imine (C=N–C) groups is 1. The number of carbonyl (C=O) groups is 2. The largest absolute Gasteiger partial charge is 0.465 e. The molecule has 1 N–H and O–H groups in total. The number of thioether (sulfide) groups is 2. The summed E-state index contributed by atoms with van der Waals surface area (Å²) < 4.78 is 6.11. The van der Waals surface area contributed by atoms with Crippen LogP contribution >= 0.6 is 34.9 Å². The van der Waals surface area contributed by atoms with E-state index >= 15 is 0 Å². The molecule has 11 heteroatoms. The lowest BCUT2D eigenvalue weighted by atomic mass is 10.2.